The molecule has 1 N–H and O–H groups in total. The number of amides is 2. The Labute approximate surface area is 184 Å². The highest BCUT2D eigenvalue weighted by molar-refractivity contribution is 5.94. The second-order valence-electron chi connectivity index (χ2n) is 8.26. The van der Waals surface area contributed by atoms with Gasteiger partial charge in [0.2, 0.25) is 0 Å². The highest BCUT2D eigenvalue weighted by atomic mass is 16.5. The van der Waals surface area contributed by atoms with Gasteiger partial charge in [-0.3, -0.25) is 9.59 Å². The first kappa shape index (κ1) is 22.7. The van der Waals surface area contributed by atoms with Crippen LogP contribution in [0.25, 0.3) is 0 Å². The van der Waals surface area contributed by atoms with Gasteiger partial charge in [-0.05, 0) is 55.5 Å². The van der Waals surface area contributed by atoms with Crippen LogP contribution in [0.2, 0.25) is 0 Å². The summed E-state index contributed by atoms with van der Waals surface area (Å²) in [5, 5.41) is 3.07. The normalized spacial score (nSPS) is 15.5. The van der Waals surface area contributed by atoms with Crippen LogP contribution in [-0.4, -0.2) is 49.1 Å². The zero-order valence-electron chi connectivity index (χ0n) is 18.8. The van der Waals surface area contributed by atoms with Gasteiger partial charge in [-0.25, -0.2) is 0 Å². The maximum absolute atomic E-state index is 12.9. The Balaban J connectivity index is 1.52. The van der Waals surface area contributed by atoms with Gasteiger partial charge >= 0.3 is 0 Å². The second-order valence-corrected chi connectivity index (χ2v) is 8.26. The first-order chi connectivity index (χ1) is 14.9. The molecule has 2 aromatic carbocycles. The average molecular weight is 425 g/mol. The van der Waals surface area contributed by atoms with Crippen molar-refractivity contribution in [2.75, 3.05) is 20.2 Å². The molecule has 6 nitrogen and oxygen atoms in total. The molecule has 2 amide bonds. The van der Waals surface area contributed by atoms with E-state index in [0.29, 0.717) is 30.3 Å². The number of benzene rings is 2. The predicted molar refractivity (Wildman–Crippen MR) is 121 cm³/mol. The molecule has 1 aliphatic rings. The summed E-state index contributed by atoms with van der Waals surface area (Å²) in [6.07, 6.45) is 0.885. The lowest BCUT2D eigenvalue weighted by atomic mass is 10.0. The molecule has 2 aromatic rings. The lowest BCUT2D eigenvalue weighted by Crippen LogP contribution is -2.49. The van der Waals surface area contributed by atoms with Crippen molar-refractivity contribution in [2.24, 2.45) is 0 Å². The molecule has 31 heavy (non-hydrogen) atoms. The van der Waals surface area contributed by atoms with E-state index in [0.717, 1.165) is 24.2 Å². The Morgan fingerprint density at radius 1 is 1.03 bits per heavy atom. The van der Waals surface area contributed by atoms with E-state index in [1.54, 1.807) is 32.2 Å². The number of likely N-dealkylation sites (tertiary alicyclic amines) is 1. The fourth-order valence-electron chi connectivity index (χ4n) is 3.84. The SMILES string of the molecule is COc1cccc(C(=O)NC2CCN(C(=O)C(C)Oc3ccccc3C(C)C)CC2)c1. The number of piperidine rings is 1. The van der Waals surface area contributed by atoms with Gasteiger partial charge in [0.25, 0.3) is 11.8 Å². The Morgan fingerprint density at radius 2 is 1.74 bits per heavy atom. The molecule has 3 rings (SSSR count). The molecule has 0 bridgehead atoms. The molecule has 6 heteroatoms. The Kier molecular flexibility index (Phi) is 7.55. The molecule has 0 spiro atoms. The highest BCUT2D eigenvalue weighted by Crippen LogP contribution is 2.27. The molecular weight excluding hydrogens is 392 g/mol. The summed E-state index contributed by atoms with van der Waals surface area (Å²) in [6, 6.07) is 15.0. The van der Waals surface area contributed by atoms with Gasteiger partial charge in [0.05, 0.1) is 7.11 Å². The average Bonchev–Trinajstić information content (AvgIpc) is 2.79. The fourth-order valence-corrected chi connectivity index (χ4v) is 3.84. The van der Waals surface area contributed by atoms with Crippen molar-refractivity contribution in [3.63, 3.8) is 0 Å². The van der Waals surface area contributed by atoms with Gasteiger partial charge < -0.3 is 19.7 Å². The number of para-hydroxylation sites is 1. The molecule has 0 radical (unpaired) electrons. The topological polar surface area (TPSA) is 67.9 Å². The fraction of sp³-hybridized carbons (Fsp3) is 0.440. The van der Waals surface area contributed by atoms with Crippen molar-refractivity contribution in [1.82, 2.24) is 10.2 Å². The lowest BCUT2D eigenvalue weighted by molar-refractivity contribution is -0.139. The van der Waals surface area contributed by atoms with Gasteiger partial charge in [-0.2, -0.15) is 0 Å². The van der Waals surface area contributed by atoms with Crippen molar-refractivity contribution in [3.05, 3.63) is 59.7 Å². The molecule has 1 heterocycles. The number of hydrogen-bond donors (Lipinski definition) is 1. The summed E-state index contributed by atoms with van der Waals surface area (Å²) in [6.45, 7) is 7.22. The van der Waals surface area contributed by atoms with Gasteiger partial charge in [-0.1, -0.05) is 38.1 Å². The number of carbonyl (C=O) groups is 2. The number of rotatable bonds is 7. The van der Waals surface area contributed by atoms with Crippen molar-refractivity contribution >= 4 is 11.8 Å². The first-order valence-corrected chi connectivity index (χ1v) is 10.9. The van der Waals surface area contributed by atoms with Crippen molar-refractivity contribution in [1.29, 1.82) is 0 Å². The lowest BCUT2D eigenvalue weighted by Gasteiger charge is -2.34. The standard InChI is InChI=1S/C25H32N2O4/c1-17(2)22-10-5-6-11-23(22)31-18(3)25(29)27-14-12-20(13-15-27)26-24(28)19-8-7-9-21(16-19)30-4/h5-11,16-18,20H,12-15H2,1-4H3,(H,26,28). The van der Waals surface area contributed by atoms with Gasteiger partial charge in [0.15, 0.2) is 6.10 Å². The van der Waals surface area contributed by atoms with Crippen LogP contribution in [0.5, 0.6) is 11.5 Å². The summed E-state index contributed by atoms with van der Waals surface area (Å²) in [5.74, 6) is 1.60. The van der Waals surface area contributed by atoms with Gasteiger partial charge in [-0.15, -0.1) is 0 Å². The molecule has 1 saturated heterocycles. The van der Waals surface area contributed by atoms with E-state index >= 15 is 0 Å². The highest BCUT2D eigenvalue weighted by Gasteiger charge is 2.28. The number of ether oxygens (including phenoxy) is 2. The molecule has 0 saturated carbocycles. The van der Waals surface area contributed by atoms with Crippen molar-refractivity contribution in [2.45, 2.75) is 51.7 Å². The minimum absolute atomic E-state index is 0.0175. The molecule has 166 valence electrons. The molecule has 1 fully saturated rings. The first-order valence-electron chi connectivity index (χ1n) is 10.9. The maximum Gasteiger partial charge on any atom is 0.263 e. The summed E-state index contributed by atoms with van der Waals surface area (Å²) >= 11 is 0. The van der Waals surface area contributed by atoms with Crippen molar-refractivity contribution < 1.29 is 19.1 Å². The predicted octanol–water partition coefficient (Wildman–Crippen LogP) is 4.01. The van der Waals surface area contributed by atoms with E-state index in [4.69, 9.17) is 9.47 Å². The van der Waals surface area contributed by atoms with E-state index in [-0.39, 0.29) is 17.9 Å². The van der Waals surface area contributed by atoms with E-state index in [2.05, 4.69) is 19.2 Å². The van der Waals surface area contributed by atoms with Crippen LogP contribution in [0.1, 0.15) is 55.5 Å². The Hall–Kier alpha value is -3.02. The van der Waals surface area contributed by atoms with E-state index in [1.807, 2.05) is 35.2 Å². The van der Waals surface area contributed by atoms with Crippen LogP contribution < -0.4 is 14.8 Å². The maximum atomic E-state index is 12.9. The van der Waals surface area contributed by atoms with Crippen LogP contribution >= 0.6 is 0 Å². The molecule has 1 atom stereocenters. The zero-order chi connectivity index (χ0) is 22.4. The summed E-state index contributed by atoms with van der Waals surface area (Å²) < 4.78 is 11.2. The third kappa shape index (κ3) is 5.78. The zero-order valence-corrected chi connectivity index (χ0v) is 18.8. The van der Waals surface area contributed by atoms with Gasteiger partial charge in [0, 0.05) is 24.7 Å². The Bertz CT molecular complexity index is 904. The summed E-state index contributed by atoms with van der Waals surface area (Å²) in [4.78, 5) is 27.3. The number of methoxy groups -OCH3 is 1. The summed E-state index contributed by atoms with van der Waals surface area (Å²) in [7, 11) is 1.58. The van der Waals surface area contributed by atoms with Gasteiger partial charge in [0.1, 0.15) is 11.5 Å². The van der Waals surface area contributed by atoms with E-state index < -0.39 is 6.10 Å². The molecule has 1 unspecified atom stereocenters. The van der Waals surface area contributed by atoms with Crippen LogP contribution in [0, 0.1) is 0 Å². The summed E-state index contributed by atoms with van der Waals surface area (Å²) in [5.41, 5.74) is 1.67. The van der Waals surface area contributed by atoms with Crippen LogP contribution in [0.15, 0.2) is 48.5 Å². The van der Waals surface area contributed by atoms with Crippen molar-refractivity contribution in [3.8, 4) is 11.5 Å². The van der Waals surface area contributed by atoms with E-state index in [1.165, 1.54) is 0 Å². The van der Waals surface area contributed by atoms with Crippen LogP contribution in [0.3, 0.4) is 0 Å². The molecular formula is C25H32N2O4. The minimum Gasteiger partial charge on any atom is -0.497 e. The largest absolute Gasteiger partial charge is 0.497 e. The second kappa shape index (κ2) is 10.3. The molecule has 0 aliphatic carbocycles. The third-order valence-electron chi connectivity index (χ3n) is 5.67. The van der Waals surface area contributed by atoms with Crippen LogP contribution in [0.4, 0.5) is 0 Å². The quantitative estimate of drug-likeness (QED) is 0.729. The molecule has 0 aromatic heterocycles. The minimum atomic E-state index is -0.553. The number of nitrogens with one attached hydrogen (secondary N) is 1. The van der Waals surface area contributed by atoms with Crippen LogP contribution in [-0.2, 0) is 4.79 Å². The number of hydrogen-bond acceptors (Lipinski definition) is 4. The number of nitrogens with zero attached hydrogens (tertiary/aromatic N) is 1. The smallest absolute Gasteiger partial charge is 0.263 e. The third-order valence-corrected chi connectivity index (χ3v) is 5.67. The molecule has 1 aliphatic heterocycles. The Morgan fingerprint density at radius 3 is 2.42 bits per heavy atom. The number of carbonyl (C=O) groups excluding carboxylic acids is 2. The monoisotopic (exact) mass is 424 g/mol. The van der Waals surface area contributed by atoms with E-state index in [9.17, 15) is 9.59 Å².